The van der Waals surface area contributed by atoms with Crippen molar-refractivity contribution >= 4 is 17.5 Å². The molecular weight excluding hydrogens is 262 g/mol. The maximum absolute atomic E-state index is 12.0. The molecule has 1 amide bonds. The van der Waals surface area contributed by atoms with E-state index in [0.29, 0.717) is 6.54 Å². The smallest absolute Gasteiger partial charge is 0.238 e. The summed E-state index contributed by atoms with van der Waals surface area (Å²) >= 11 is 5.71. The fourth-order valence-electron chi connectivity index (χ4n) is 2.70. The highest BCUT2D eigenvalue weighted by Gasteiger charge is 2.31. The van der Waals surface area contributed by atoms with Crippen molar-refractivity contribution in [3.8, 4) is 0 Å². The van der Waals surface area contributed by atoms with Crippen molar-refractivity contribution in [1.29, 1.82) is 0 Å². The van der Waals surface area contributed by atoms with E-state index < -0.39 is 6.10 Å². The average Bonchev–Trinajstić information content (AvgIpc) is 2.46. The van der Waals surface area contributed by atoms with Crippen LogP contribution in [0.25, 0.3) is 0 Å². The minimum Gasteiger partial charge on any atom is -0.391 e. The first kappa shape index (κ1) is 14.4. The average molecular weight is 282 g/mol. The van der Waals surface area contributed by atoms with Crippen LogP contribution < -0.4 is 0 Å². The number of hydrogen-bond donors (Lipinski definition) is 1. The third-order valence-electron chi connectivity index (χ3n) is 3.72. The number of alkyl halides is 1. The van der Waals surface area contributed by atoms with Crippen LogP contribution in [-0.4, -0.2) is 33.9 Å². The molecule has 2 atom stereocenters. The van der Waals surface area contributed by atoms with Crippen molar-refractivity contribution in [3.05, 3.63) is 35.9 Å². The summed E-state index contributed by atoms with van der Waals surface area (Å²) in [7, 11) is 0. The second-order valence-corrected chi connectivity index (χ2v) is 5.33. The normalized spacial score (nSPS) is 23.1. The lowest BCUT2D eigenvalue weighted by Gasteiger charge is -2.37. The van der Waals surface area contributed by atoms with Crippen LogP contribution >= 0.6 is 11.6 Å². The summed E-state index contributed by atoms with van der Waals surface area (Å²) in [6.45, 7) is 0.522. The summed E-state index contributed by atoms with van der Waals surface area (Å²) in [4.78, 5) is 13.8. The van der Waals surface area contributed by atoms with Crippen LogP contribution in [0.1, 0.15) is 31.2 Å². The van der Waals surface area contributed by atoms with Gasteiger partial charge in [0.05, 0.1) is 12.1 Å². The van der Waals surface area contributed by atoms with Gasteiger partial charge < -0.3 is 10.0 Å². The zero-order valence-electron chi connectivity index (χ0n) is 11.0. The van der Waals surface area contributed by atoms with Crippen molar-refractivity contribution in [2.24, 2.45) is 0 Å². The standard InChI is InChI=1S/C15H20ClNO2/c16-10-15(19)17(11-12-6-2-1-3-7-12)13-8-4-5-9-14(13)18/h1-3,6-7,13-14,18H,4-5,8-11H2/t13-,14+/m1/s1. The van der Waals surface area contributed by atoms with E-state index in [0.717, 1.165) is 31.2 Å². The lowest BCUT2D eigenvalue weighted by atomic mass is 9.91. The predicted octanol–water partition coefficient (Wildman–Crippen LogP) is 2.56. The molecule has 104 valence electrons. The number of aliphatic hydroxyl groups excluding tert-OH is 1. The molecule has 0 saturated heterocycles. The van der Waals surface area contributed by atoms with Crippen LogP contribution in [-0.2, 0) is 11.3 Å². The van der Waals surface area contributed by atoms with Crippen LogP contribution in [0, 0.1) is 0 Å². The topological polar surface area (TPSA) is 40.5 Å². The van der Waals surface area contributed by atoms with Crippen molar-refractivity contribution in [3.63, 3.8) is 0 Å². The Bertz CT molecular complexity index is 410. The second-order valence-electron chi connectivity index (χ2n) is 5.06. The molecule has 0 bridgehead atoms. The number of amides is 1. The Morgan fingerprint density at radius 1 is 1.26 bits per heavy atom. The summed E-state index contributed by atoms with van der Waals surface area (Å²) in [5.74, 6) is -0.132. The van der Waals surface area contributed by atoms with E-state index in [1.807, 2.05) is 30.3 Å². The van der Waals surface area contributed by atoms with E-state index in [1.165, 1.54) is 0 Å². The van der Waals surface area contributed by atoms with Crippen LogP contribution in [0.2, 0.25) is 0 Å². The predicted molar refractivity (Wildman–Crippen MR) is 76.0 cm³/mol. The lowest BCUT2D eigenvalue weighted by molar-refractivity contribution is -0.135. The van der Waals surface area contributed by atoms with Crippen molar-refractivity contribution in [2.75, 3.05) is 5.88 Å². The molecule has 0 radical (unpaired) electrons. The maximum Gasteiger partial charge on any atom is 0.238 e. The molecule has 0 aromatic heterocycles. The Balaban J connectivity index is 2.13. The molecular formula is C15H20ClNO2. The Morgan fingerprint density at radius 3 is 2.58 bits per heavy atom. The molecule has 1 aromatic rings. The number of carbonyl (C=O) groups is 1. The number of hydrogen-bond acceptors (Lipinski definition) is 2. The Morgan fingerprint density at radius 2 is 1.95 bits per heavy atom. The molecule has 0 aliphatic heterocycles. The van der Waals surface area contributed by atoms with E-state index in [1.54, 1.807) is 4.90 Å². The monoisotopic (exact) mass is 281 g/mol. The Labute approximate surface area is 119 Å². The molecule has 19 heavy (non-hydrogen) atoms. The summed E-state index contributed by atoms with van der Waals surface area (Å²) in [6.07, 6.45) is 3.29. The highest BCUT2D eigenvalue weighted by Crippen LogP contribution is 2.25. The molecule has 1 aliphatic carbocycles. The van der Waals surface area contributed by atoms with E-state index in [4.69, 9.17) is 11.6 Å². The third kappa shape index (κ3) is 3.71. The first-order valence-corrected chi connectivity index (χ1v) is 7.33. The van der Waals surface area contributed by atoms with Gasteiger partial charge in [0.25, 0.3) is 0 Å². The van der Waals surface area contributed by atoms with Crippen molar-refractivity contribution < 1.29 is 9.90 Å². The number of halogens is 1. The van der Waals surface area contributed by atoms with E-state index >= 15 is 0 Å². The summed E-state index contributed by atoms with van der Waals surface area (Å²) < 4.78 is 0. The van der Waals surface area contributed by atoms with Gasteiger partial charge in [0.15, 0.2) is 0 Å². The van der Waals surface area contributed by atoms with Gasteiger partial charge in [0, 0.05) is 6.54 Å². The lowest BCUT2D eigenvalue weighted by Crippen LogP contribution is -2.48. The van der Waals surface area contributed by atoms with Gasteiger partial charge in [0.1, 0.15) is 5.88 Å². The highest BCUT2D eigenvalue weighted by atomic mass is 35.5. The molecule has 0 unspecified atom stereocenters. The minimum atomic E-state index is -0.426. The number of benzene rings is 1. The van der Waals surface area contributed by atoms with Gasteiger partial charge in [-0.25, -0.2) is 0 Å². The Kier molecular flexibility index (Phi) is 5.23. The molecule has 1 fully saturated rings. The quantitative estimate of drug-likeness (QED) is 0.862. The number of aliphatic hydroxyl groups is 1. The van der Waals surface area contributed by atoms with Gasteiger partial charge in [-0.2, -0.15) is 0 Å². The first-order chi connectivity index (χ1) is 9.22. The largest absolute Gasteiger partial charge is 0.391 e. The van der Waals surface area contributed by atoms with Crippen LogP contribution in [0.15, 0.2) is 30.3 Å². The first-order valence-electron chi connectivity index (χ1n) is 6.80. The van der Waals surface area contributed by atoms with Crippen molar-refractivity contribution in [2.45, 2.75) is 44.4 Å². The molecule has 1 saturated carbocycles. The molecule has 1 aromatic carbocycles. The minimum absolute atomic E-state index is 0.0317. The molecule has 4 heteroatoms. The molecule has 3 nitrogen and oxygen atoms in total. The fraction of sp³-hybridized carbons (Fsp3) is 0.533. The number of rotatable bonds is 4. The van der Waals surface area contributed by atoms with E-state index in [2.05, 4.69) is 0 Å². The van der Waals surface area contributed by atoms with Crippen LogP contribution in [0.5, 0.6) is 0 Å². The number of nitrogens with zero attached hydrogens (tertiary/aromatic N) is 1. The van der Waals surface area contributed by atoms with Gasteiger partial charge in [0.2, 0.25) is 5.91 Å². The SMILES string of the molecule is O=C(CCl)N(Cc1ccccc1)[C@@H]1CCCC[C@@H]1O. The highest BCUT2D eigenvalue weighted by molar-refractivity contribution is 6.27. The molecule has 1 N–H and O–H groups in total. The summed E-state index contributed by atoms with van der Waals surface area (Å²) in [5, 5.41) is 10.1. The molecule has 0 spiro atoms. The molecule has 0 heterocycles. The van der Waals surface area contributed by atoms with Gasteiger partial charge in [-0.3, -0.25) is 4.79 Å². The van der Waals surface area contributed by atoms with Gasteiger partial charge in [-0.05, 0) is 18.4 Å². The maximum atomic E-state index is 12.0. The van der Waals surface area contributed by atoms with E-state index in [-0.39, 0.29) is 17.8 Å². The van der Waals surface area contributed by atoms with Gasteiger partial charge >= 0.3 is 0 Å². The zero-order valence-corrected chi connectivity index (χ0v) is 11.7. The van der Waals surface area contributed by atoms with Crippen LogP contribution in [0.3, 0.4) is 0 Å². The molecule has 1 aliphatic rings. The molecule has 2 rings (SSSR count). The second kappa shape index (κ2) is 6.92. The zero-order chi connectivity index (χ0) is 13.7. The summed E-state index contributed by atoms with van der Waals surface area (Å²) in [5.41, 5.74) is 1.07. The Hall–Kier alpha value is -1.06. The van der Waals surface area contributed by atoms with Gasteiger partial charge in [-0.1, -0.05) is 43.2 Å². The fourth-order valence-corrected chi connectivity index (χ4v) is 2.86. The summed E-state index contributed by atoms with van der Waals surface area (Å²) in [6, 6.07) is 9.74. The van der Waals surface area contributed by atoms with E-state index in [9.17, 15) is 9.90 Å². The van der Waals surface area contributed by atoms with Crippen LogP contribution in [0.4, 0.5) is 0 Å². The van der Waals surface area contributed by atoms with Crippen molar-refractivity contribution in [1.82, 2.24) is 4.90 Å². The number of carbonyl (C=O) groups excluding carboxylic acids is 1. The van der Waals surface area contributed by atoms with Gasteiger partial charge in [-0.15, -0.1) is 11.6 Å². The third-order valence-corrected chi connectivity index (χ3v) is 3.95.